The molecule has 0 aliphatic heterocycles. The first-order chi connectivity index (χ1) is 10.1. The van der Waals surface area contributed by atoms with E-state index < -0.39 is 0 Å². The van der Waals surface area contributed by atoms with Gasteiger partial charge >= 0.3 is 0 Å². The van der Waals surface area contributed by atoms with E-state index in [2.05, 4.69) is 32.4 Å². The van der Waals surface area contributed by atoms with Crippen molar-refractivity contribution >= 4 is 38.6 Å². The number of imidazole rings is 1. The first-order valence-corrected chi connectivity index (χ1v) is 8.86. The van der Waals surface area contributed by atoms with E-state index >= 15 is 0 Å². The maximum Gasteiger partial charge on any atom is 0.139 e. The minimum Gasteiger partial charge on any atom is -0.324 e. The van der Waals surface area contributed by atoms with E-state index in [9.17, 15) is 4.39 Å². The standard InChI is InChI=1S/C16H19BrClFN2/c1-10(11-5-3-2-4-6-11)21-15-8-13(19)12(17)7-14(15)20-16(21)9-18/h7-8,10-11H,2-6,9H2,1H3. The summed E-state index contributed by atoms with van der Waals surface area (Å²) < 4.78 is 16.5. The van der Waals surface area contributed by atoms with Crippen LogP contribution in [0.3, 0.4) is 0 Å². The van der Waals surface area contributed by atoms with E-state index in [1.807, 2.05) is 0 Å². The Kier molecular flexibility index (Phi) is 4.55. The highest BCUT2D eigenvalue weighted by Gasteiger charge is 2.25. The lowest BCUT2D eigenvalue weighted by Gasteiger charge is -2.30. The number of benzene rings is 1. The predicted molar refractivity (Wildman–Crippen MR) is 88.2 cm³/mol. The van der Waals surface area contributed by atoms with Crippen molar-refractivity contribution in [1.29, 1.82) is 0 Å². The molecule has 1 aliphatic carbocycles. The van der Waals surface area contributed by atoms with Gasteiger partial charge in [-0.05, 0) is 47.7 Å². The lowest BCUT2D eigenvalue weighted by atomic mass is 9.84. The number of alkyl halides is 1. The number of rotatable bonds is 3. The highest BCUT2D eigenvalue weighted by Crippen LogP contribution is 2.36. The lowest BCUT2D eigenvalue weighted by Crippen LogP contribution is -2.20. The van der Waals surface area contributed by atoms with E-state index in [0.29, 0.717) is 22.3 Å². The Morgan fingerprint density at radius 2 is 2.10 bits per heavy atom. The first kappa shape index (κ1) is 15.3. The van der Waals surface area contributed by atoms with Crippen molar-refractivity contribution in [2.24, 2.45) is 5.92 Å². The highest BCUT2D eigenvalue weighted by atomic mass is 79.9. The summed E-state index contributed by atoms with van der Waals surface area (Å²) in [5.41, 5.74) is 1.66. The maximum atomic E-state index is 13.9. The molecule has 2 nitrogen and oxygen atoms in total. The van der Waals surface area contributed by atoms with Crippen LogP contribution in [-0.2, 0) is 5.88 Å². The lowest BCUT2D eigenvalue weighted by molar-refractivity contribution is 0.265. The zero-order valence-corrected chi connectivity index (χ0v) is 14.4. The molecule has 1 aromatic carbocycles. The van der Waals surface area contributed by atoms with Crippen LogP contribution in [0.5, 0.6) is 0 Å². The summed E-state index contributed by atoms with van der Waals surface area (Å²) in [7, 11) is 0. The molecule has 3 rings (SSSR count). The van der Waals surface area contributed by atoms with Gasteiger partial charge < -0.3 is 4.57 Å². The zero-order valence-electron chi connectivity index (χ0n) is 12.1. The topological polar surface area (TPSA) is 17.8 Å². The molecule has 5 heteroatoms. The second-order valence-electron chi connectivity index (χ2n) is 5.93. The van der Waals surface area contributed by atoms with Gasteiger partial charge in [0.15, 0.2) is 0 Å². The highest BCUT2D eigenvalue weighted by molar-refractivity contribution is 9.10. The molecule has 1 fully saturated rings. The molecule has 1 unspecified atom stereocenters. The van der Waals surface area contributed by atoms with Crippen LogP contribution >= 0.6 is 27.5 Å². The van der Waals surface area contributed by atoms with Gasteiger partial charge in [-0.15, -0.1) is 11.6 Å². The third kappa shape index (κ3) is 2.85. The van der Waals surface area contributed by atoms with Gasteiger partial charge in [0.1, 0.15) is 11.6 Å². The molecule has 2 aromatic rings. The van der Waals surface area contributed by atoms with Crippen LogP contribution in [0.25, 0.3) is 11.0 Å². The fourth-order valence-electron chi connectivity index (χ4n) is 3.52. The van der Waals surface area contributed by atoms with Crippen molar-refractivity contribution in [1.82, 2.24) is 9.55 Å². The van der Waals surface area contributed by atoms with Crippen molar-refractivity contribution < 1.29 is 4.39 Å². The average Bonchev–Trinajstić information content (AvgIpc) is 2.85. The third-order valence-electron chi connectivity index (χ3n) is 4.66. The quantitative estimate of drug-likeness (QED) is 0.620. The summed E-state index contributed by atoms with van der Waals surface area (Å²) in [6.45, 7) is 2.22. The van der Waals surface area contributed by atoms with Crippen LogP contribution in [0, 0.1) is 11.7 Å². The van der Waals surface area contributed by atoms with Crippen LogP contribution < -0.4 is 0 Å². The molecule has 21 heavy (non-hydrogen) atoms. The van der Waals surface area contributed by atoms with Crippen molar-refractivity contribution in [3.05, 3.63) is 28.2 Å². The van der Waals surface area contributed by atoms with Crippen molar-refractivity contribution in [2.45, 2.75) is 50.9 Å². The Morgan fingerprint density at radius 3 is 2.76 bits per heavy atom. The SMILES string of the molecule is CC(C1CCCCC1)n1c(CCl)nc2cc(Br)c(F)cc21. The van der Waals surface area contributed by atoms with Gasteiger partial charge in [-0.25, -0.2) is 9.37 Å². The van der Waals surface area contributed by atoms with Gasteiger partial charge in [0.25, 0.3) is 0 Å². The summed E-state index contributed by atoms with van der Waals surface area (Å²) in [5, 5.41) is 0. The molecule has 1 aliphatic rings. The molecule has 0 spiro atoms. The number of hydrogen-bond donors (Lipinski definition) is 0. The number of halogens is 3. The normalized spacial score (nSPS) is 18.3. The molecule has 0 saturated heterocycles. The first-order valence-electron chi connectivity index (χ1n) is 7.53. The summed E-state index contributed by atoms with van der Waals surface area (Å²) in [4.78, 5) is 4.58. The Morgan fingerprint density at radius 1 is 1.38 bits per heavy atom. The van der Waals surface area contributed by atoms with Crippen molar-refractivity contribution in [3.63, 3.8) is 0 Å². The smallest absolute Gasteiger partial charge is 0.139 e. The number of hydrogen-bond acceptors (Lipinski definition) is 1. The van der Waals surface area contributed by atoms with Crippen LogP contribution in [0.15, 0.2) is 16.6 Å². The van der Waals surface area contributed by atoms with E-state index in [4.69, 9.17) is 11.6 Å². The summed E-state index contributed by atoms with van der Waals surface area (Å²) >= 11 is 9.31. The Hall–Kier alpha value is -0.610. The van der Waals surface area contributed by atoms with Gasteiger partial charge in [-0.1, -0.05) is 19.3 Å². The summed E-state index contributed by atoms with van der Waals surface area (Å²) in [5.74, 6) is 1.57. The molecule has 1 saturated carbocycles. The summed E-state index contributed by atoms with van der Waals surface area (Å²) in [6.07, 6.45) is 6.39. The molecular weight excluding hydrogens is 355 g/mol. The van der Waals surface area contributed by atoms with Crippen LogP contribution in [-0.4, -0.2) is 9.55 Å². The van der Waals surface area contributed by atoms with Crippen LogP contribution in [0.4, 0.5) is 4.39 Å². The molecule has 1 atom stereocenters. The number of fused-ring (bicyclic) bond motifs is 1. The van der Waals surface area contributed by atoms with E-state index in [-0.39, 0.29) is 5.82 Å². The van der Waals surface area contributed by atoms with E-state index in [0.717, 1.165) is 16.9 Å². The Labute approximate surface area is 137 Å². The minimum absolute atomic E-state index is 0.249. The molecule has 0 N–H and O–H groups in total. The second kappa shape index (κ2) is 6.25. The minimum atomic E-state index is -0.249. The van der Waals surface area contributed by atoms with Crippen molar-refractivity contribution in [3.8, 4) is 0 Å². The average molecular weight is 374 g/mol. The largest absolute Gasteiger partial charge is 0.324 e. The van der Waals surface area contributed by atoms with Crippen molar-refractivity contribution in [2.75, 3.05) is 0 Å². The monoisotopic (exact) mass is 372 g/mol. The van der Waals surface area contributed by atoms with Gasteiger partial charge in [0.2, 0.25) is 0 Å². The second-order valence-corrected chi connectivity index (χ2v) is 7.05. The molecule has 114 valence electrons. The summed E-state index contributed by atoms with van der Waals surface area (Å²) in [6, 6.07) is 3.62. The molecule has 0 radical (unpaired) electrons. The predicted octanol–water partition coefficient (Wildman–Crippen LogP) is 5.82. The Bertz CT molecular complexity index is 649. The van der Waals surface area contributed by atoms with Crippen LogP contribution in [0.1, 0.15) is 50.9 Å². The van der Waals surface area contributed by atoms with Gasteiger partial charge in [-0.3, -0.25) is 0 Å². The fourth-order valence-corrected chi connectivity index (χ4v) is 4.04. The third-order valence-corrected chi connectivity index (χ3v) is 5.51. The number of nitrogens with zero attached hydrogens (tertiary/aromatic N) is 2. The number of aromatic nitrogens is 2. The van der Waals surface area contributed by atoms with Gasteiger partial charge in [-0.2, -0.15) is 0 Å². The molecule has 0 amide bonds. The molecule has 1 aromatic heterocycles. The zero-order chi connectivity index (χ0) is 15.0. The van der Waals surface area contributed by atoms with E-state index in [1.54, 1.807) is 12.1 Å². The van der Waals surface area contributed by atoms with Gasteiger partial charge in [0, 0.05) is 12.1 Å². The maximum absolute atomic E-state index is 13.9. The Balaban J connectivity index is 2.08. The fraction of sp³-hybridized carbons (Fsp3) is 0.562. The molecule has 0 bridgehead atoms. The molecular formula is C16H19BrClFN2. The van der Waals surface area contributed by atoms with E-state index in [1.165, 1.54) is 32.1 Å². The molecule has 1 heterocycles. The van der Waals surface area contributed by atoms with Gasteiger partial charge in [0.05, 0.1) is 21.4 Å². The van der Waals surface area contributed by atoms with Crippen LogP contribution in [0.2, 0.25) is 0 Å².